The van der Waals surface area contributed by atoms with Crippen LogP contribution in [0.15, 0.2) is 84.9 Å². The van der Waals surface area contributed by atoms with E-state index >= 15 is 0 Å². The number of aromatic hydroxyl groups is 9. The second-order valence-corrected chi connectivity index (χ2v) is 29.5. The first-order valence-electron chi connectivity index (χ1n) is 40.9. The van der Waals surface area contributed by atoms with E-state index in [0.29, 0.717) is 87.0 Å². The predicted octanol–water partition coefficient (Wildman–Crippen LogP) is 22.3. The molecule has 0 amide bonds. The summed E-state index contributed by atoms with van der Waals surface area (Å²) in [6.45, 7) is 56.7. The fraction of sp³-hybridized carbons (Fsp3) is 0.582. The van der Waals surface area contributed by atoms with Crippen LogP contribution in [-0.2, 0) is 38.0 Å². The first kappa shape index (κ1) is 106. The largest absolute Gasteiger partial charge is 0.514 e. The molecule has 6 rings (SSSR count). The van der Waals surface area contributed by atoms with E-state index in [-0.39, 0.29) is 92.4 Å². The van der Waals surface area contributed by atoms with Gasteiger partial charge in [0.15, 0.2) is 107 Å². The molecule has 0 bridgehead atoms. The van der Waals surface area contributed by atoms with Crippen LogP contribution in [0.25, 0.3) is 0 Å². The van der Waals surface area contributed by atoms with Crippen molar-refractivity contribution in [1.29, 1.82) is 0 Å². The summed E-state index contributed by atoms with van der Waals surface area (Å²) in [5, 5.41) is 88.1. The summed E-state index contributed by atoms with van der Waals surface area (Å²) in [6.07, 6.45) is 1.86. The lowest BCUT2D eigenvalue weighted by Gasteiger charge is -2.22. The average molecular weight is 1650 g/mol. The summed E-state index contributed by atoms with van der Waals surface area (Å²) in [5.41, 5.74) is 3.70. The van der Waals surface area contributed by atoms with Crippen molar-refractivity contribution in [2.24, 2.45) is 5.41 Å². The topological polar surface area (TPSA) is 355 Å². The van der Waals surface area contributed by atoms with Gasteiger partial charge in [0.25, 0.3) is 0 Å². The molecule has 6 aromatic rings. The SMILES string of the molecule is CCC(C)(C)C(=O)Oc1ccc(O)c(O)c1.CCC(C)c1ccc(O)c(OC(=O)OC(C)(C)C)c1.CCOC(C)Oc1c(O)cc(C(C)CC)cc1O.CCOC(C)Oc1cc(C(C)CC)cc(O)c1O.CCOC(C)Oc1cc(C(C)CC)cc(O)c1OC(C)OCC.CCOC(C)Oc1cc(C(C)CC)cc(OC(C)OCC)c1O. The van der Waals surface area contributed by atoms with Gasteiger partial charge in [-0.3, -0.25) is 4.79 Å². The summed E-state index contributed by atoms with van der Waals surface area (Å²) in [6, 6.07) is 22.8. The highest BCUT2D eigenvalue weighted by Gasteiger charge is 2.29. The van der Waals surface area contributed by atoms with Crippen molar-refractivity contribution in [3.63, 3.8) is 0 Å². The molecule has 0 spiro atoms. The molecule has 0 aliphatic heterocycles. The fourth-order valence-electron chi connectivity index (χ4n) is 10.3. The van der Waals surface area contributed by atoms with Crippen LogP contribution in [0.5, 0.6) is 97.7 Å². The first-order chi connectivity index (χ1) is 54.9. The lowest BCUT2D eigenvalue weighted by atomic mass is 9.91. The van der Waals surface area contributed by atoms with E-state index in [1.807, 2.05) is 86.6 Å². The molecule has 11 atom stereocenters. The molecule has 0 aliphatic rings. The molecule has 0 fully saturated rings. The first-order valence-corrected chi connectivity index (χ1v) is 40.9. The zero-order chi connectivity index (χ0) is 89.2. The van der Waals surface area contributed by atoms with Crippen molar-refractivity contribution in [3.8, 4) is 97.7 Å². The van der Waals surface area contributed by atoms with Gasteiger partial charge in [-0.15, -0.1) is 0 Å². The minimum atomic E-state index is -0.816. The van der Waals surface area contributed by atoms with Crippen molar-refractivity contribution in [3.05, 3.63) is 113 Å². The third-order valence-electron chi connectivity index (χ3n) is 18.5. The van der Waals surface area contributed by atoms with Crippen molar-refractivity contribution in [1.82, 2.24) is 0 Å². The smallest absolute Gasteiger partial charge is 0.504 e. The van der Waals surface area contributed by atoms with Crippen molar-refractivity contribution in [2.75, 3.05) is 39.6 Å². The molecule has 11 unspecified atom stereocenters. The van der Waals surface area contributed by atoms with E-state index in [0.717, 1.165) is 59.9 Å². The number of carbonyl (C=O) groups excluding carboxylic acids is 2. The number of ether oxygens (including phenoxy) is 15. The Balaban J connectivity index is 0.000000705. The number of carbonyl (C=O) groups is 2. The van der Waals surface area contributed by atoms with Crippen LogP contribution in [0.1, 0.15) is 290 Å². The fourth-order valence-corrected chi connectivity index (χ4v) is 10.3. The van der Waals surface area contributed by atoms with Gasteiger partial charge >= 0.3 is 12.1 Å². The molecule has 9 N–H and O–H groups in total. The number of rotatable bonds is 38. The molecule has 26 nitrogen and oxygen atoms in total. The van der Waals surface area contributed by atoms with Crippen molar-refractivity contribution >= 4 is 12.1 Å². The molecular formula is C91H142O26. The van der Waals surface area contributed by atoms with Crippen LogP contribution in [0.2, 0.25) is 0 Å². The zero-order valence-corrected chi connectivity index (χ0v) is 74.9. The van der Waals surface area contributed by atoms with E-state index < -0.39 is 54.9 Å². The summed E-state index contributed by atoms with van der Waals surface area (Å²) >= 11 is 0. The van der Waals surface area contributed by atoms with Crippen LogP contribution < -0.4 is 37.9 Å². The Morgan fingerprint density at radius 1 is 0.308 bits per heavy atom. The van der Waals surface area contributed by atoms with Gasteiger partial charge in [0, 0.05) is 45.7 Å². The summed E-state index contributed by atoms with van der Waals surface area (Å²) in [7, 11) is 0. The monoisotopic (exact) mass is 1650 g/mol. The summed E-state index contributed by atoms with van der Waals surface area (Å²) in [5.74, 6) is 2.21. The molecule has 6 aromatic carbocycles. The van der Waals surface area contributed by atoms with Gasteiger partial charge in [0.05, 0.1) is 5.41 Å². The highest BCUT2D eigenvalue weighted by Crippen LogP contribution is 2.45. The molecule has 117 heavy (non-hydrogen) atoms. The quantitative estimate of drug-likeness (QED) is 0.00571. The van der Waals surface area contributed by atoms with Gasteiger partial charge in [-0.2, -0.15) is 0 Å². The van der Waals surface area contributed by atoms with Gasteiger partial charge in [0.1, 0.15) is 11.4 Å². The maximum atomic E-state index is 11.7. The van der Waals surface area contributed by atoms with Gasteiger partial charge in [-0.25, -0.2) is 4.79 Å². The Kier molecular flexibility index (Phi) is 48.9. The van der Waals surface area contributed by atoms with Gasteiger partial charge < -0.3 is 117 Å². The van der Waals surface area contributed by atoms with Gasteiger partial charge in [-0.1, -0.05) is 82.2 Å². The third kappa shape index (κ3) is 38.4. The van der Waals surface area contributed by atoms with E-state index in [1.54, 1.807) is 106 Å². The molecule has 0 aliphatic carbocycles. The highest BCUT2D eigenvalue weighted by atomic mass is 16.7. The molecule has 0 radical (unpaired) electrons. The van der Waals surface area contributed by atoms with Gasteiger partial charge in [-0.05, 0) is 286 Å². The number of phenolic OH excluding ortho intramolecular Hbond substituents is 9. The Morgan fingerprint density at radius 2 is 0.615 bits per heavy atom. The Bertz CT molecular complexity index is 3770. The molecule has 26 heteroatoms. The van der Waals surface area contributed by atoms with Crippen LogP contribution >= 0.6 is 0 Å². The average Bonchev–Trinajstić information content (AvgIpc) is 0.822. The number of hydrogen-bond acceptors (Lipinski definition) is 26. The minimum absolute atomic E-state index is 0.0323. The van der Waals surface area contributed by atoms with E-state index in [2.05, 4.69) is 62.3 Å². The van der Waals surface area contributed by atoms with E-state index in [9.17, 15) is 50.4 Å². The molecule has 0 heterocycles. The number of phenols is 9. The van der Waals surface area contributed by atoms with Crippen molar-refractivity contribution < 1.29 is 127 Å². The standard InChI is InChI=1S/2C18H30O5.C15H22O4.2C14H22O4.C12H16O4/c1-7-12(4)15-10-16(22-13(5)20-8-2)18(19)17(11-15)23-14(6)21-9-3;1-7-12(4)15-10-16(19)18(23-14(6)21-9-3)17(11-15)22-13(5)20-8-2;1-6-10(2)11-7-8-12(16)13(9-11)18-14(17)19-15(3,4)5;1-5-9(3)11-7-12(15)14(16)13(8-11)18-10(4)17-6-2;1-5-9(3)11-7-12(15)14(13(16)8-11)18-10(4)17-6-2;1-4-12(2,3)11(15)16-8-5-6-9(13)10(14)7-8/h2*10-14,19H,7-9H2,1-6H3;7-10,16H,6H2,1-5H3;2*7-10,15-16H,5-6H2,1-4H3;5-7,13-14H,4H2,1-3H3. The van der Waals surface area contributed by atoms with Crippen LogP contribution in [0, 0.1) is 5.41 Å². The number of esters is 1. The second-order valence-electron chi connectivity index (χ2n) is 29.5. The third-order valence-corrected chi connectivity index (χ3v) is 18.5. The molecule has 662 valence electrons. The predicted molar refractivity (Wildman–Crippen MR) is 454 cm³/mol. The second kappa shape index (κ2) is 54.0. The molecule has 0 saturated heterocycles. The molecule has 0 aromatic heterocycles. The van der Waals surface area contributed by atoms with E-state index in [4.69, 9.17) is 76.2 Å². The van der Waals surface area contributed by atoms with Crippen molar-refractivity contribution in [2.45, 2.75) is 305 Å². The minimum Gasteiger partial charge on any atom is -0.504 e. The number of hydrogen-bond donors (Lipinski definition) is 9. The number of benzene rings is 6. The lowest BCUT2D eigenvalue weighted by Crippen LogP contribution is -2.28. The highest BCUT2D eigenvalue weighted by molar-refractivity contribution is 5.78. The van der Waals surface area contributed by atoms with Crippen LogP contribution in [0.4, 0.5) is 4.79 Å². The normalized spacial score (nSPS) is 13.9. The lowest BCUT2D eigenvalue weighted by molar-refractivity contribution is -0.144. The summed E-state index contributed by atoms with van der Waals surface area (Å²) in [4.78, 5) is 23.3. The Hall–Kier alpha value is -9.18. The zero-order valence-electron chi connectivity index (χ0n) is 74.9. The van der Waals surface area contributed by atoms with E-state index in [1.165, 1.54) is 24.3 Å². The Labute approximate surface area is 696 Å². The maximum absolute atomic E-state index is 11.7. The Morgan fingerprint density at radius 3 is 0.983 bits per heavy atom. The maximum Gasteiger partial charge on any atom is 0.514 e. The van der Waals surface area contributed by atoms with Crippen LogP contribution in [-0.4, -0.2) is 141 Å². The van der Waals surface area contributed by atoms with Gasteiger partial charge in [0.2, 0.25) is 23.0 Å². The molecule has 0 saturated carbocycles. The van der Waals surface area contributed by atoms with Crippen LogP contribution in [0.3, 0.4) is 0 Å². The molecular weight excluding hydrogens is 1510 g/mol. The summed E-state index contributed by atoms with van der Waals surface area (Å²) < 4.78 is 81.0.